The molecule has 1 aliphatic heterocycles. The zero-order valence-corrected chi connectivity index (χ0v) is 11.8. The van der Waals surface area contributed by atoms with Gasteiger partial charge in [0.1, 0.15) is 17.3 Å². The molecule has 88 valence electrons. The normalized spacial score (nSPS) is 25.9. The van der Waals surface area contributed by atoms with Crippen LogP contribution in [0, 0.1) is 11.8 Å². The maximum Gasteiger partial charge on any atom is 0.148 e. The second kappa shape index (κ2) is 4.88. The van der Waals surface area contributed by atoms with Crippen molar-refractivity contribution in [2.45, 2.75) is 20.3 Å². The average Bonchev–Trinajstić information content (AvgIpc) is 2.26. The Morgan fingerprint density at radius 1 is 1.38 bits per heavy atom. The van der Waals surface area contributed by atoms with Crippen LogP contribution in [-0.4, -0.2) is 23.1 Å². The summed E-state index contributed by atoms with van der Waals surface area (Å²) in [5.74, 6) is 2.39. The second-order valence-corrected chi connectivity index (χ2v) is 5.64. The van der Waals surface area contributed by atoms with E-state index in [0.29, 0.717) is 11.1 Å². The van der Waals surface area contributed by atoms with E-state index >= 15 is 0 Å². The fourth-order valence-electron chi connectivity index (χ4n) is 2.02. The third-order valence-electron chi connectivity index (χ3n) is 3.36. The Balaban J connectivity index is 2.22. The fourth-order valence-corrected chi connectivity index (χ4v) is 2.60. The van der Waals surface area contributed by atoms with Crippen LogP contribution in [0.5, 0.6) is 0 Å². The molecule has 1 saturated heterocycles. The summed E-state index contributed by atoms with van der Waals surface area (Å²) in [6.07, 6.45) is 2.72. The first-order valence-electron chi connectivity index (χ1n) is 5.50. The molecule has 1 aromatic rings. The SMILES string of the molecule is CC1CCN(c2ncnc(Cl)c2Br)CC1C. The van der Waals surface area contributed by atoms with Crippen molar-refractivity contribution in [1.82, 2.24) is 9.97 Å². The number of aromatic nitrogens is 2. The van der Waals surface area contributed by atoms with Crippen LogP contribution in [0.3, 0.4) is 0 Å². The monoisotopic (exact) mass is 303 g/mol. The number of anilines is 1. The van der Waals surface area contributed by atoms with Crippen LogP contribution in [0.4, 0.5) is 5.82 Å². The highest BCUT2D eigenvalue weighted by molar-refractivity contribution is 9.10. The van der Waals surface area contributed by atoms with E-state index in [4.69, 9.17) is 11.6 Å². The molecule has 0 amide bonds. The second-order valence-electron chi connectivity index (χ2n) is 4.49. The Kier molecular flexibility index (Phi) is 3.70. The van der Waals surface area contributed by atoms with Gasteiger partial charge in [-0.2, -0.15) is 0 Å². The van der Waals surface area contributed by atoms with Crippen molar-refractivity contribution >= 4 is 33.3 Å². The Hall–Kier alpha value is -0.350. The molecule has 0 saturated carbocycles. The average molecular weight is 305 g/mol. The number of piperidine rings is 1. The number of halogens is 2. The number of nitrogens with zero attached hydrogens (tertiary/aromatic N) is 3. The van der Waals surface area contributed by atoms with Gasteiger partial charge in [-0.1, -0.05) is 25.4 Å². The molecule has 2 unspecified atom stereocenters. The predicted molar refractivity (Wildman–Crippen MR) is 69.9 cm³/mol. The summed E-state index contributed by atoms with van der Waals surface area (Å²) in [6, 6.07) is 0. The minimum Gasteiger partial charge on any atom is -0.355 e. The zero-order chi connectivity index (χ0) is 11.7. The van der Waals surface area contributed by atoms with Crippen LogP contribution in [0.15, 0.2) is 10.8 Å². The fraction of sp³-hybridized carbons (Fsp3) is 0.636. The molecule has 16 heavy (non-hydrogen) atoms. The van der Waals surface area contributed by atoms with Crippen LogP contribution in [-0.2, 0) is 0 Å². The molecule has 0 spiro atoms. The lowest BCUT2D eigenvalue weighted by Gasteiger charge is -2.36. The molecule has 0 aromatic carbocycles. The largest absolute Gasteiger partial charge is 0.355 e. The lowest BCUT2D eigenvalue weighted by atomic mass is 9.89. The number of rotatable bonds is 1. The quantitative estimate of drug-likeness (QED) is 0.745. The van der Waals surface area contributed by atoms with Crippen LogP contribution in [0.25, 0.3) is 0 Å². The van der Waals surface area contributed by atoms with Crippen molar-refractivity contribution in [3.63, 3.8) is 0 Å². The van der Waals surface area contributed by atoms with Crippen molar-refractivity contribution in [3.8, 4) is 0 Å². The van der Waals surface area contributed by atoms with Crippen LogP contribution in [0.1, 0.15) is 20.3 Å². The van der Waals surface area contributed by atoms with Crippen molar-refractivity contribution in [2.75, 3.05) is 18.0 Å². The van der Waals surface area contributed by atoms with Gasteiger partial charge >= 0.3 is 0 Å². The topological polar surface area (TPSA) is 29.0 Å². The molecule has 5 heteroatoms. The zero-order valence-electron chi connectivity index (χ0n) is 9.45. The predicted octanol–water partition coefficient (Wildman–Crippen LogP) is 3.37. The van der Waals surface area contributed by atoms with E-state index in [9.17, 15) is 0 Å². The molecular formula is C11H15BrClN3. The third kappa shape index (κ3) is 2.33. The highest BCUT2D eigenvalue weighted by Crippen LogP contribution is 2.33. The van der Waals surface area contributed by atoms with Gasteiger partial charge in [0.25, 0.3) is 0 Å². The standard InChI is InChI=1S/C11H15BrClN3/c1-7-3-4-16(5-8(7)2)11-9(12)10(13)14-6-15-11/h6-8H,3-5H2,1-2H3. The van der Waals surface area contributed by atoms with Gasteiger partial charge in [0.2, 0.25) is 0 Å². The minimum atomic E-state index is 0.483. The van der Waals surface area contributed by atoms with E-state index in [1.165, 1.54) is 12.7 Å². The Bertz CT molecular complexity index is 385. The molecule has 0 N–H and O–H groups in total. The van der Waals surface area contributed by atoms with Crippen LogP contribution >= 0.6 is 27.5 Å². The summed E-state index contributed by atoms with van der Waals surface area (Å²) in [6.45, 7) is 6.67. The van der Waals surface area contributed by atoms with Crippen molar-refractivity contribution < 1.29 is 0 Å². The molecule has 1 aliphatic rings. The lowest BCUT2D eigenvalue weighted by molar-refractivity contribution is 0.322. The number of hydrogen-bond donors (Lipinski definition) is 0. The Morgan fingerprint density at radius 2 is 2.12 bits per heavy atom. The molecule has 2 atom stereocenters. The van der Waals surface area contributed by atoms with E-state index in [0.717, 1.165) is 29.3 Å². The van der Waals surface area contributed by atoms with Crippen molar-refractivity contribution in [1.29, 1.82) is 0 Å². The first kappa shape index (κ1) is 12.1. The molecule has 1 fully saturated rings. The van der Waals surface area contributed by atoms with E-state index in [1.807, 2.05) is 0 Å². The van der Waals surface area contributed by atoms with Gasteiger partial charge in [-0.3, -0.25) is 0 Å². The summed E-state index contributed by atoms with van der Waals surface area (Å²) < 4.78 is 0.804. The van der Waals surface area contributed by atoms with E-state index in [-0.39, 0.29) is 0 Å². The highest BCUT2D eigenvalue weighted by atomic mass is 79.9. The summed E-state index contributed by atoms with van der Waals surface area (Å²) in [7, 11) is 0. The van der Waals surface area contributed by atoms with Crippen molar-refractivity contribution in [3.05, 3.63) is 16.0 Å². The highest BCUT2D eigenvalue weighted by Gasteiger charge is 2.25. The van der Waals surface area contributed by atoms with Gasteiger partial charge in [0.05, 0.1) is 4.47 Å². The van der Waals surface area contributed by atoms with Gasteiger partial charge in [-0.25, -0.2) is 9.97 Å². The van der Waals surface area contributed by atoms with Gasteiger partial charge in [-0.05, 0) is 34.2 Å². The minimum absolute atomic E-state index is 0.483. The molecule has 3 nitrogen and oxygen atoms in total. The van der Waals surface area contributed by atoms with Gasteiger partial charge in [-0.15, -0.1) is 0 Å². The van der Waals surface area contributed by atoms with Crippen LogP contribution < -0.4 is 4.90 Å². The van der Waals surface area contributed by atoms with Gasteiger partial charge < -0.3 is 4.90 Å². The Morgan fingerprint density at radius 3 is 2.81 bits per heavy atom. The molecule has 0 radical (unpaired) electrons. The third-order valence-corrected chi connectivity index (χ3v) is 4.61. The van der Waals surface area contributed by atoms with E-state index in [2.05, 4.69) is 44.6 Å². The van der Waals surface area contributed by atoms with E-state index < -0.39 is 0 Å². The van der Waals surface area contributed by atoms with E-state index in [1.54, 1.807) is 0 Å². The van der Waals surface area contributed by atoms with Crippen LogP contribution in [0.2, 0.25) is 5.15 Å². The summed E-state index contributed by atoms with van der Waals surface area (Å²) in [5, 5.41) is 0.483. The maximum absolute atomic E-state index is 5.97. The molecule has 0 aliphatic carbocycles. The lowest BCUT2D eigenvalue weighted by Crippen LogP contribution is -2.39. The first-order chi connectivity index (χ1) is 7.59. The molecule has 0 bridgehead atoms. The van der Waals surface area contributed by atoms with Gasteiger partial charge in [0, 0.05) is 13.1 Å². The van der Waals surface area contributed by atoms with Crippen molar-refractivity contribution in [2.24, 2.45) is 11.8 Å². The first-order valence-corrected chi connectivity index (χ1v) is 6.67. The smallest absolute Gasteiger partial charge is 0.148 e. The summed E-state index contributed by atoms with van der Waals surface area (Å²) in [5.41, 5.74) is 0. The molecule has 2 heterocycles. The Labute approximate surface area is 109 Å². The summed E-state index contributed by atoms with van der Waals surface area (Å²) in [4.78, 5) is 10.5. The molecule has 2 rings (SSSR count). The summed E-state index contributed by atoms with van der Waals surface area (Å²) >= 11 is 9.43. The number of hydrogen-bond acceptors (Lipinski definition) is 3. The molecule has 1 aromatic heterocycles. The maximum atomic E-state index is 5.97. The van der Waals surface area contributed by atoms with Gasteiger partial charge in [0.15, 0.2) is 0 Å². The molecular weight excluding hydrogens is 289 g/mol.